The number of rotatable bonds is 7. The van der Waals surface area contributed by atoms with E-state index in [-0.39, 0.29) is 16.9 Å². The fourth-order valence-corrected chi connectivity index (χ4v) is 4.10. The third-order valence-electron chi connectivity index (χ3n) is 5.64. The second-order valence-electron chi connectivity index (χ2n) is 7.73. The molecule has 1 fully saturated rings. The van der Waals surface area contributed by atoms with Crippen LogP contribution in [0.5, 0.6) is 5.75 Å². The lowest BCUT2D eigenvalue weighted by atomic mass is 9.70. The Hall–Kier alpha value is -3.13. The Bertz CT molecular complexity index is 1050. The van der Waals surface area contributed by atoms with Gasteiger partial charge in [0, 0.05) is 24.4 Å². The number of carboxylic acids is 1. The van der Waals surface area contributed by atoms with E-state index in [2.05, 4.69) is 20.5 Å². The van der Waals surface area contributed by atoms with Crippen molar-refractivity contribution in [1.29, 1.82) is 0 Å². The zero-order valence-corrected chi connectivity index (χ0v) is 17.4. The van der Waals surface area contributed by atoms with E-state index in [9.17, 15) is 14.3 Å². The van der Waals surface area contributed by atoms with E-state index in [1.807, 2.05) is 12.1 Å². The summed E-state index contributed by atoms with van der Waals surface area (Å²) in [5.74, 6) is -0.127. The molecule has 0 atom stereocenters. The van der Waals surface area contributed by atoms with Crippen molar-refractivity contribution in [2.75, 3.05) is 5.32 Å². The molecular weight excluding hydrogens is 423 g/mol. The van der Waals surface area contributed by atoms with Crippen molar-refractivity contribution >= 4 is 29.2 Å². The maximum absolute atomic E-state index is 14.1. The second-order valence-corrected chi connectivity index (χ2v) is 8.14. The zero-order chi connectivity index (χ0) is 21.8. The Morgan fingerprint density at radius 1 is 1.23 bits per heavy atom. The van der Waals surface area contributed by atoms with Gasteiger partial charge in [0.15, 0.2) is 17.4 Å². The first-order valence-electron chi connectivity index (χ1n) is 10.0. The number of anilines is 2. The largest absolute Gasteiger partial charge is 0.487 e. The number of halogens is 2. The van der Waals surface area contributed by atoms with Crippen LogP contribution >= 0.6 is 11.6 Å². The van der Waals surface area contributed by atoms with Crippen molar-refractivity contribution in [2.45, 2.75) is 38.2 Å². The zero-order valence-electron chi connectivity index (χ0n) is 16.6. The van der Waals surface area contributed by atoms with Crippen molar-refractivity contribution in [3.63, 3.8) is 0 Å². The summed E-state index contributed by atoms with van der Waals surface area (Å²) in [4.78, 5) is 16.8. The van der Waals surface area contributed by atoms with E-state index in [4.69, 9.17) is 16.3 Å². The third kappa shape index (κ3) is 4.80. The summed E-state index contributed by atoms with van der Waals surface area (Å²) in [6.45, 7) is 0. The van der Waals surface area contributed by atoms with Crippen LogP contribution in [-0.2, 0) is 11.2 Å². The number of carboxylic acid groups (broad SMARTS) is 1. The third-order valence-corrected chi connectivity index (χ3v) is 5.93. The average molecular weight is 445 g/mol. The van der Waals surface area contributed by atoms with Gasteiger partial charge in [0.05, 0.1) is 16.5 Å². The van der Waals surface area contributed by atoms with E-state index < -0.39 is 17.2 Å². The van der Waals surface area contributed by atoms with Crippen LogP contribution < -0.4 is 10.1 Å². The topological polar surface area (TPSA) is 100 Å². The van der Waals surface area contributed by atoms with Gasteiger partial charge in [0.1, 0.15) is 5.82 Å². The molecule has 0 bridgehead atoms. The smallest absolute Gasteiger partial charge is 0.310 e. The molecule has 162 valence electrons. The van der Waals surface area contributed by atoms with Crippen molar-refractivity contribution in [3.8, 4) is 5.75 Å². The predicted octanol–water partition coefficient (Wildman–Crippen LogP) is 4.98. The summed E-state index contributed by atoms with van der Waals surface area (Å²) < 4.78 is 19.9. The summed E-state index contributed by atoms with van der Waals surface area (Å²) >= 11 is 5.82. The molecule has 0 unspecified atom stereocenters. The number of H-pyrrole nitrogens is 1. The fraction of sp³-hybridized carbons (Fsp3) is 0.318. The average Bonchev–Trinajstić information content (AvgIpc) is 3.26. The van der Waals surface area contributed by atoms with Gasteiger partial charge in [-0.3, -0.25) is 9.89 Å². The Labute approximate surface area is 183 Å². The SMILES string of the molecule is O=C(O)[C@]1(Cc2cccc(Nc3cc[nH]n3)n2)CC[C@@H](Oc2cccc(Cl)c2F)CC1. The molecule has 4 rings (SSSR count). The molecule has 1 saturated carbocycles. The highest BCUT2D eigenvalue weighted by Gasteiger charge is 2.43. The lowest BCUT2D eigenvalue weighted by Crippen LogP contribution is -2.40. The van der Waals surface area contributed by atoms with E-state index >= 15 is 0 Å². The summed E-state index contributed by atoms with van der Waals surface area (Å²) in [5, 5.41) is 19.8. The Balaban J connectivity index is 1.43. The Morgan fingerprint density at radius 2 is 2.00 bits per heavy atom. The molecule has 3 aromatic rings. The lowest BCUT2D eigenvalue weighted by Gasteiger charge is -2.36. The summed E-state index contributed by atoms with van der Waals surface area (Å²) in [6, 6.07) is 11.9. The molecule has 9 heteroatoms. The number of aliphatic carboxylic acids is 1. The first kappa shape index (κ1) is 21.1. The highest BCUT2D eigenvalue weighted by molar-refractivity contribution is 6.30. The Kier molecular flexibility index (Phi) is 6.08. The van der Waals surface area contributed by atoms with Crippen LogP contribution in [-0.4, -0.2) is 32.4 Å². The lowest BCUT2D eigenvalue weighted by molar-refractivity contribution is -0.152. The number of nitrogens with zero attached hydrogens (tertiary/aromatic N) is 2. The molecule has 3 N–H and O–H groups in total. The fourth-order valence-electron chi connectivity index (χ4n) is 3.94. The number of nitrogens with one attached hydrogen (secondary N) is 2. The van der Waals surface area contributed by atoms with Crippen molar-refractivity contribution in [3.05, 3.63) is 65.2 Å². The molecule has 7 nitrogen and oxygen atoms in total. The van der Waals surface area contributed by atoms with E-state index in [0.717, 1.165) is 0 Å². The molecule has 0 amide bonds. The van der Waals surface area contributed by atoms with Gasteiger partial charge in [-0.25, -0.2) is 9.37 Å². The van der Waals surface area contributed by atoms with Gasteiger partial charge < -0.3 is 15.2 Å². The van der Waals surface area contributed by atoms with Crippen LogP contribution in [0.3, 0.4) is 0 Å². The normalized spacial score (nSPS) is 20.9. The summed E-state index contributed by atoms with van der Waals surface area (Å²) in [7, 11) is 0. The molecule has 0 spiro atoms. The number of ether oxygens (including phenoxy) is 1. The molecule has 1 aliphatic carbocycles. The standard InChI is InChI=1S/C22H22ClFN4O3/c23-16-4-2-5-17(20(16)24)31-15-7-10-22(11-8-15,21(29)30)13-14-3-1-6-18(26-14)27-19-9-12-25-28-19/h1-6,9,12,15H,7-8,10-11,13H2,(H,29,30)(H2,25,26,27,28)/t15-,22-. The highest BCUT2D eigenvalue weighted by atomic mass is 35.5. The van der Waals surface area contributed by atoms with E-state index in [1.54, 1.807) is 24.4 Å². The molecule has 0 aliphatic heterocycles. The monoisotopic (exact) mass is 444 g/mol. The number of pyridine rings is 1. The first-order chi connectivity index (χ1) is 14.9. The van der Waals surface area contributed by atoms with Crippen molar-refractivity contribution in [1.82, 2.24) is 15.2 Å². The maximum atomic E-state index is 14.1. The van der Waals surface area contributed by atoms with Crippen LogP contribution in [0.2, 0.25) is 5.02 Å². The molecule has 0 radical (unpaired) electrons. The predicted molar refractivity (Wildman–Crippen MR) is 114 cm³/mol. The van der Waals surface area contributed by atoms with Crippen molar-refractivity contribution in [2.24, 2.45) is 5.41 Å². The molecule has 1 aromatic carbocycles. The summed E-state index contributed by atoms with van der Waals surface area (Å²) in [5.41, 5.74) is -0.256. The Morgan fingerprint density at radius 3 is 2.71 bits per heavy atom. The number of hydrogen-bond donors (Lipinski definition) is 3. The number of aromatic amines is 1. The minimum Gasteiger partial charge on any atom is -0.487 e. The molecular formula is C22H22ClFN4O3. The number of benzene rings is 1. The summed E-state index contributed by atoms with van der Waals surface area (Å²) in [6.07, 6.45) is 3.56. The maximum Gasteiger partial charge on any atom is 0.310 e. The van der Waals surface area contributed by atoms with Gasteiger partial charge in [-0.15, -0.1) is 0 Å². The quantitative estimate of drug-likeness (QED) is 0.475. The van der Waals surface area contributed by atoms with Crippen molar-refractivity contribution < 1.29 is 19.0 Å². The number of carbonyl (C=O) groups is 1. The van der Waals surface area contributed by atoms with Gasteiger partial charge in [-0.05, 0) is 49.9 Å². The van der Waals surface area contributed by atoms with Crippen LogP contribution in [0.25, 0.3) is 0 Å². The first-order valence-corrected chi connectivity index (χ1v) is 10.4. The van der Waals surface area contributed by atoms with Gasteiger partial charge in [0.2, 0.25) is 0 Å². The molecule has 2 aromatic heterocycles. The van der Waals surface area contributed by atoms with E-state index in [1.165, 1.54) is 12.1 Å². The highest BCUT2D eigenvalue weighted by Crippen LogP contribution is 2.41. The van der Waals surface area contributed by atoms with Gasteiger partial charge in [-0.2, -0.15) is 5.10 Å². The minimum atomic E-state index is -0.940. The van der Waals surface area contributed by atoms with Gasteiger partial charge in [0.25, 0.3) is 0 Å². The molecule has 2 heterocycles. The van der Waals surface area contributed by atoms with E-state index in [0.29, 0.717) is 49.4 Å². The van der Waals surface area contributed by atoms with Crippen LogP contribution in [0.15, 0.2) is 48.7 Å². The van der Waals surface area contributed by atoms with Crippen LogP contribution in [0.1, 0.15) is 31.4 Å². The number of hydrogen-bond acceptors (Lipinski definition) is 5. The van der Waals surface area contributed by atoms with Gasteiger partial charge >= 0.3 is 5.97 Å². The van der Waals surface area contributed by atoms with Crippen LogP contribution in [0, 0.1) is 11.2 Å². The second kappa shape index (κ2) is 8.93. The molecule has 31 heavy (non-hydrogen) atoms. The molecule has 1 aliphatic rings. The van der Waals surface area contributed by atoms with Gasteiger partial charge in [-0.1, -0.05) is 23.7 Å². The van der Waals surface area contributed by atoms with Crippen LogP contribution in [0.4, 0.5) is 16.0 Å². The number of aromatic nitrogens is 3. The molecule has 0 saturated heterocycles. The minimum absolute atomic E-state index is 0.00240.